The van der Waals surface area contributed by atoms with E-state index >= 15 is 0 Å². The summed E-state index contributed by atoms with van der Waals surface area (Å²) in [6.45, 7) is 7.06. The van der Waals surface area contributed by atoms with Gasteiger partial charge in [0.25, 0.3) is 0 Å². The van der Waals surface area contributed by atoms with E-state index in [0.29, 0.717) is 6.04 Å². The zero-order valence-electron chi connectivity index (χ0n) is 8.93. The maximum Gasteiger partial charge on any atom is 0.00667 e. The van der Waals surface area contributed by atoms with Gasteiger partial charge < -0.3 is 5.32 Å². The van der Waals surface area contributed by atoms with E-state index in [9.17, 15) is 0 Å². The molecular weight excluding hydrogens is 146 g/mol. The van der Waals surface area contributed by atoms with Crippen molar-refractivity contribution >= 4 is 0 Å². The van der Waals surface area contributed by atoms with Crippen LogP contribution in [0.25, 0.3) is 0 Å². The van der Waals surface area contributed by atoms with Crippen molar-refractivity contribution in [3.8, 4) is 0 Å². The molecule has 0 aromatic rings. The van der Waals surface area contributed by atoms with Crippen LogP contribution in [0.3, 0.4) is 0 Å². The number of hydrogen-bond acceptors (Lipinski definition) is 1. The Morgan fingerprint density at radius 2 is 1.67 bits per heavy atom. The van der Waals surface area contributed by atoms with Crippen LogP contribution < -0.4 is 5.32 Å². The second-order valence-electron chi connectivity index (χ2n) is 4.58. The molecule has 1 aliphatic carbocycles. The van der Waals surface area contributed by atoms with Gasteiger partial charge in [0.15, 0.2) is 0 Å². The first kappa shape index (κ1) is 10.0. The molecule has 0 radical (unpaired) electrons. The fraction of sp³-hybridized carbons (Fsp3) is 1.00. The quantitative estimate of drug-likeness (QED) is 0.685. The van der Waals surface area contributed by atoms with Crippen molar-refractivity contribution in [1.82, 2.24) is 5.32 Å². The van der Waals surface area contributed by atoms with Gasteiger partial charge in [0.05, 0.1) is 0 Å². The van der Waals surface area contributed by atoms with E-state index in [4.69, 9.17) is 0 Å². The van der Waals surface area contributed by atoms with E-state index in [1.54, 1.807) is 0 Å². The zero-order valence-corrected chi connectivity index (χ0v) is 8.93. The van der Waals surface area contributed by atoms with Crippen molar-refractivity contribution in [2.45, 2.75) is 46.1 Å². The third-order valence-electron chi connectivity index (χ3n) is 3.58. The third-order valence-corrected chi connectivity index (χ3v) is 3.58. The van der Waals surface area contributed by atoms with Crippen LogP contribution in [0.1, 0.15) is 40.0 Å². The molecule has 1 nitrogen and oxygen atoms in total. The van der Waals surface area contributed by atoms with Crippen molar-refractivity contribution in [2.75, 3.05) is 7.05 Å². The second kappa shape index (κ2) is 4.27. The topological polar surface area (TPSA) is 12.0 Å². The Hall–Kier alpha value is -0.0400. The van der Waals surface area contributed by atoms with Gasteiger partial charge in [-0.05, 0) is 44.6 Å². The molecule has 1 N–H and O–H groups in total. The molecule has 0 aromatic heterocycles. The fourth-order valence-corrected chi connectivity index (χ4v) is 2.68. The first-order chi connectivity index (χ1) is 5.66. The van der Waals surface area contributed by atoms with E-state index in [2.05, 4.69) is 33.1 Å². The highest BCUT2D eigenvalue weighted by Crippen LogP contribution is 2.38. The number of hydrogen-bond donors (Lipinski definition) is 1. The highest BCUT2D eigenvalue weighted by molar-refractivity contribution is 4.85. The molecule has 0 amide bonds. The molecule has 0 saturated heterocycles. The molecule has 0 aromatic carbocycles. The predicted molar refractivity (Wildman–Crippen MR) is 54.2 cm³/mol. The Morgan fingerprint density at radius 3 is 2.17 bits per heavy atom. The molecule has 3 unspecified atom stereocenters. The molecule has 1 saturated carbocycles. The monoisotopic (exact) mass is 169 g/mol. The molecule has 0 heterocycles. The highest BCUT2D eigenvalue weighted by atomic mass is 14.9. The van der Waals surface area contributed by atoms with Gasteiger partial charge >= 0.3 is 0 Å². The van der Waals surface area contributed by atoms with Gasteiger partial charge in [-0.25, -0.2) is 0 Å². The summed E-state index contributed by atoms with van der Waals surface area (Å²) in [5, 5.41) is 3.39. The van der Waals surface area contributed by atoms with Gasteiger partial charge in [-0.15, -0.1) is 0 Å². The lowest BCUT2D eigenvalue weighted by molar-refractivity contribution is 0.247. The van der Waals surface area contributed by atoms with Crippen molar-refractivity contribution in [3.05, 3.63) is 0 Å². The van der Waals surface area contributed by atoms with Gasteiger partial charge in [-0.3, -0.25) is 0 Å². The Labute approximate surface area is 76.9 Å². The van der Waals surface area contributed by atoms with E-state index in [-0.39, 0.29) is 0 Å². The molecular formula is C11H23N. The lowest BCUT2D eigenvalue weighted by Gasteiger charge is -2.28. The fourth-order valence-electron chi connectivity index (χ4n) is 2.68. The van der Waals surface area contributed by atoms with Gasteiger partial charge in [-0.1, -0.05) is 20.3 Å². The first-order valence-electron chi connectivity index (χ1n) is 5.34. The van der Waals surface area contributed by atoms with Gasteiger partial charge in [0, 0.05) is 6.04 Å². The molecule has 0 spiro atoms. The van der Waals surface area contributed by atoms with Gasteiger partial charge in [0.1, 0.15) is 0 Å². The summed E-state index contributed by atoms with van der Waals surface area (Å²) in [6, 6.07) is 0.708. The Balaban J connectivity index is 2.51. The average molecular weight is 169 g/mol. The third kappa shape index (κ3) is 2.01. The normalized spacial score (nSPS) is 32.8. The van der Waals surface area contributed by atoms with Crippen LogP contribution in [0, 0.1) is 17.8 Å². The van der Waals surface area contributed by atoms with Gasteiger partial charge in [-0.2, -0.15) is 0 Å². The van der Waals surface area contributed by atoms with E-state index in [1.807, 2.05) is 0 Å². The van der Waals surface area contributed by atoms with Crippen LogP contribution in [0.15, 0.2) is 0 Å². The summed E-state index contributed by atoms with van der Waals surface area (Å²) in [7, 11) is 2.08. The maximum atomic E-state index is 3.39. The summed E-state index contributed by atoms with van der Waals surface area (Å²) in [5.41, 5.74) is 0. The Kier molecular flexibility index (Phi) is 3.57. The summed E-state index contributed by atoms with van der Waals surface area (Å²) >= 11 is 0. The van der Waals surface area contributed by atoms with Crippen LogP contribution in [0.5, 0.6) is 0 Å². The molecule has 72 valence electrons. The molecule has 3 atom stereocenters. The van der Waals surface area contributed by atoms with Crippen LogP contribution in [-0.4, -0.2) is 13.1 Å². The summed E-state index contributed by atoms with van der Waals surface area (Å²) in [4.78, 5) is 0. The molecule has 1 heteroatoms. The lowest BCUT2D eigenvalue weighted by Crippen LogP contribution is -2.34. The average Bonchev–Trinajstić information content (AvgIpc) is 2.50. The highest BCUT2D eigenvalue weighted by Gasteiger charge is 2.32. The summed E-state index contributed by atoms with van der Waals surface area (Å²) in [6.07, 6.45) is 4.33. The zero-order chi connectivity index (χ0) is 9.14. The molecule has 12 heavy (non-hydrogen) atoms. The smallest absolute Gasteiger partial charge is 0.00667 e. The maximum absolute atomic E-state index is 3.39. The molecule has 1 fully saturated rings. The van der Waals surface area contributed by atoms with Gasteiger partial charge in [0.2, 0.25) is 0 Å². The second-order valence-corrected chi connectivity index (χ2v) is 4.58. The van der Waals surface area contributed by atoms with E-state index in [0.717, 1.165) is 17.8 Å². The van der Waals surface area contributed by atoms with E-state index in [1.165, 1.54) is 19.3 Å². The molecule has 0 aliphatic heterocycles. The first-order valence-corrected chi connectivity index (χ1v) is 5.34. The molecule has 1 aliphatic rings. The summed E-state index contributed by atoms with van der Waals surface area (Å²) < 4.78 is 0. The number of nitrogens with one attached hydrogen (secondary N) is 1. The molecule has 1 rings (SSSR count). The van der Waals surface area contributed by atoms with Crippen molar-refractivity contribution in [2.24, 2.45) is 17.8 Å². The SMILES string of the molecule is CNC(C)C1CCCC1C(C)C. The lowest BCUT2D eigenvalue weighted by atomic mass is 9.82. The van der Waals surface area contributed by atoms with Crippen LogP contribution in [0.2, 0.25) is 0 Å². The minimum atomic E-state index is 0.708. The minimum Gasteiger partial charge on any atom is -0.317 e. The van der Waals surface area contributed by atoms with Crippen LogP contribution in [0.4, 0.5) is 0 Å². The predicted octanol–water partition coefficient (Wildman–Crippen LogP) is 2.67. The van der Waals surface area contributed by atoms with Crippen molar-refractivity contribution < 1.29 is 0 Å². The van der Waals surface area contributed by atoms with Crippen LogP contribution >= 0.6 is 0 Å². The van der Waals surface area contributed by atoms with Crippen molar-refractivity contribution in [1.29, 1.82) is 0 Å². The minimum absolute atomic E-state index is 0.708. The van der Waals surface area contributed by atoms with Crippen LogP contribution in [-0.2, 0) is 0 Å². The number of rotatable bonds is 3. The molecule has 0 bridgehead atoms. The largest absolute Gasteiger partial charge is 0.317 e. The van der Waals surface area contributed by atoms with E-state index < -0.39 is 0 Å². The summed E-state index contributed by atoms with van der Waals surface area (Å²) in [5.74, 6) is 2.76. The van der Waals surface area contributed by atoms with Crippen molar-refractivity contribution in [3.63, 3.8) is 0 Å². The Bertz CT molecular complexity index is 131. The standard InChI is InChI=1S/C11H23N/c1-8(2)10-6-5-7-11(10)9(3)12-4/h8-12H,5-7H2,1-4H3. The Morgan fingerprint density at radius 1 is 1.08 bits per heavy atom.